The zero-order valence-electron chi connectivity index (χ0n) is 13.2. The molecule has 0 bridgehead atoms. The van der Waals surface area contributed by atoms with E-state index in [0.29, 0.717) is 17.2 Å². The van der Waals surface area contributed by atoms with Crippen molar-refractivity contribution in [2.75, 3.05) is 24.9 Å². The van der Waals surface area contributed by atoms with Crippen LogP contribution in [-0.2, 0) is 4.79 Å². The number of para-hydroxylation sites is 1. The Balaban J connectivity index is 2.05. The first kappa shape index (κ1) is 16.6. The van der Waals surface area contributed by atoms with Crippen LogP contribution in [0.3, 0.4) is 0 Å². The number of amides is 1. The molecule has 0 saturated heterocycles. The highest BCUT2D eigenvalue weighted by molar-refractivity contribution is 5.96. The average Bonchev–Trinajstić information content (AvgIpc) is 2.56. The number of anilines is 2. The van der Waals surface area contributed by atoms with Gasteiger partial charge < -0.3 is 20.1 Å². The highest BCUT2D eigenvalue weighted by Gasteiger charge is 2.15. The number of methoxy groups -OCH3 is 2. The van der Waals surface area contributed by atoms with Crippen molar-refractivity contribution in [3.05, 3.63) is 48.3 Å². The second-order valence-corrected chi connectivity index (χ2v) is 4.90. The smallest absolute Gasteiger partial charge is 0.246 e. The van der Waals surface area contributed by atoms with Gasteiger partial charge in [-0.3, -0.25) is 4.79 Å². The van der Waals surface area contributed by atoms with E-state index in [9.17, 15) is 9.18 Å². The summed E-state index contributed by atoms with van der Waals surface area (Å²) in [5.41, 5.74) is 0.845. The molecule has 5 nitrogen and oxygen atoms in total. The Labute approximate surface area is 134 Å². The van der Waals surface area contributed by atoms with Crippen LogP contribution in [0.5, 0.6) is 11.5 Å². The number of nitrogens with one attached hydrogen (secondary N) is 2. The normalized spacial score (nSPS) is 11.5. The molecule has 1 amide bonds. The zero-order chi connectivity index (χ0) is 16.8. The SMILES string of the molecule is COc1ccc(N[C@H](C)C(=O)Nc2ccccc2F)cc1OC. The summed E-state index contributed by atoms with van der Waals surface area (Å²) in [6.45, 7) is 1.69. The zero-order valence-corrected chi connectivity index (χ0v) is 13.2. The van der Waals surface area contributed by atoms with Crippen LogP contribution in [0.15, 0.2) is 42.5 Å². The Bertz CT molecular complexity index is 691. The lowest BCUT2D eigenvalue weighted by atomic mass is 10.2. The Morgan fingerprint density at radius 1 is 1.09 bits per heavy atom. The van der Waals surface area contributed by atoms with Crippen LogP contribution < -0.4 is 20.1 Å². The van der Waals surface area contributed by atoms with Crippen molar-refractivity contribution in [3.63, 3.8) is 0 Å². The highest BCUT2D eigenvalue weighted by atomic mass is 19.1. The van der Waals surface area contributed by atoms with E-state index in [2.05, 4.69) is 10.6 Å². The molecule has 0 saturated carbocycles. The van der Waals surface area contributed by atoms with Crippen LogP contribution >= 0.6 is 0 Å². The highest BCUT2D eigenvalue weighted by Crippen LogP contribution is 2.30. The molecule has 0 aliphatic rings. The van der Waals surface area contributed by atoms with E-state index in [1.807, 2.05) is 0 Å². The second kappa shape index (κ2) is 7.49. The topological polar surface area (TPSA) is 59.6 Å². The Kier molecular flexibility index (Phi) is 5.41. The van der Waals surface area contributed by atoms with Gasteiger partial charge >= 0.3 is 0 Å². The van der Waals surface area contributed by atoms with E-state index in [1.54, 1.807) is 44.4 Å². The first-order chi connectivity index (χ1) is 11.0. The van der Waals surface area contributed by atoms with Crippen LogP contribution in [-0.4, -0.2) is 26.2 Å². The van der Waals surface area contributed by atoms with E-state index in [4.69, 9.17) is 9.47 Å². The number of hydrogen-bond acceptors (Lipinski definition) is 4. The van der Waals surface area contributed by atoms with Gasteiger partial charge in [-0.15, -0.1) is 0 Å². The molecule has 2 rings (SSSR count). The molecule has 1 atom stereocenters. The third-order valence-electron chi connectivity index (χ3n) is 3.29. The summed E-state index contributed by atoms with van der Waals surface area (Å²) in [5.74, 6) is 0.338. The van der Waals surface area contributed by atoms with Gasteiger partial charge in [-0.25, -0.2) is 4.39 Å². The molecule has 0 heterocycles. The van der Waals surface area contributed by atoms with Crippen LogP contribution in [0.4, 0.5) is 15.8 Å². The predicted octanol–water partition coefficient (Wildman–Crippen LogP) is 3.28. The molecule has 2 N–H and O–H groups in total. The first-order valence-electron chi connectivity index (χ1n) is 7.09. The summed E-state index contributed by atoms with van der Waals surface area (Å²) in [4.78, 5) is 12.2. The summed E-state index contributed by atoms with van der Waals surface area (Å²) < 4.78 is 23.9. The van der Waals surface area contributed by atoms with Gasteiger partial charge in [0.05, 0.1) is 19.9 Å². The molecule has 122 valence electrons. The van der Waals surface area contributed by atoms with E-state index >= 15 is 0 Å². The number of hydrogen-bond donors (Lipinski definition) is 2. The molecule has 0 fully saturated rings. The molecule has 6 heteroatoms. The van der Waals surface area contributed by atoms with E-state index in [-0.39, 0.29) is 11.6 Å². The van der Waals surface area contributed by atoms with Crippen molar-refractivity contribution in [3.8, 4) is 11.5 Å². The Morgan fingerprint density at radius 3 is 2.43 bits per heavy atom. The van der Waals surface area contributed by atoms with Crippen molar-refractivity contribution < 1.29 is 18.7 Å². The lowest BCUT2D eigenvalue weighted by Crippen LogP contribution is -2.32. The van der Waals surface area contributed by atoms with Crippen LogP contribution in [0, 0.1) is 5.82 Å². The number of benzene rings is 2. The largest absolute Gasteiger partial charge is 0.493 e. The third-order valence-corrected chi connectivity index (χ3v) is 3.29. The monoisotopic (exact) mass is 318 g/mol. The molecule has 0 aliphatic carbocycles. The fraction of sp³-hybridized carbons (Fsp3) is 0.235. The molecule has 23 heavy (non-hydrogen) atoms. The predicted molar refractivity (Wildman–Crippen MR) is 87.7 cm³/mol. The van der Waals surface area contributed by atoms with E-state index in [1.165, 1.54) is 19.2 Å². The van der Waals surface area contributed by atoms with Gasteiger partial charge in [0, 0.05) is 11.8 Å². The van der Waals surface area contributed by atoms with Crippen molar-refractivity contribution >= 4 is 17.3 Å². The summed E-state index contributed by atoms with van der Waals surface area (Å²) >= 11 is 0. The molecule has 0 aromatic heterocycles. The van der Waals surface area contributed by atoms with Crippen molar-refractivity contribution in [1.82, 2.24) is 0 Å². The van der Waals surface area contributed by atoms with Crippen molar-refractivity contribution in [2.24, 2.45) is 0 Å². The second-order valence-electron chi connectivity index (χ2n) is 4.90. The molecule has 2 aromatic carbocycles. The number of halogens is 1. The van der Waals surface area contributed by atoms with E-state index < -0.39 is 11.9 Å². The lowest BCUT2D eigenvalue weighted by molar-refractivity contribution is -0.116. The third kappa shape index (κ3) is 4.12. The first-order valence-corrected chi connectivity index (χ1v) is 7.09. The summed E-state index contributed by atoms with van der Waals surface area (Å²) in [7, 11) is 3.09. The molecule has 0 spiro atoms. The van der Waals surface area contributed by atoms with Gasteiger partial charge in [-0.05, 0) is 31.2 Å². The van der Waals surface area contributed by atoms with Gasteiger partial charge in [0.15, 0.2) is 11.5 Å². The molecular weight excluding hydrogens is 299 g/mol. The number of carbonyl (C=O) groups excluding carboxylic acids is 1. The minimum atomic E-state index is -0.562. The number of carbonyl (C=O) groups is 1. The van der Waals surface area contributed by atoms with Gasteiger partial charge in [-0.1, -0.05) is 12.1 Å². The standard InChI is InChI=1S/C17H19FN2O3/c1-11(17(21)20-14-7-5-4-6-13(14)18)19-12-8-9-15(22-2)16(10-12)23-3/h4-11,19H,1-3H3,(H,20,21)/t11-/m1/s1. The summed E-state index contributed by atoms with van der Waals surface area (Å²) in [5, 5.41) is 5.59. The quantitative estimate of drug-likeness (QED) is 0.858. The van der Waals surface area contributed by atoms with Crippen LogP contribution in [0.25, 0.3) is 0 Å². The molecule has 0 aliphatic heterocycles. The Hall–Kier alpha value is -2.76. The Morgan fingerprint density at radius 2 is 1.78 bits per heavy atom. The summed E-state index contributed by atoms with van der Waals surface area (Å²) in [6.07, 6.45) is 0. The maximum atomic E-state index is 13.6. The average molecular weight is 318 g/mol. The molecular formula is C17H19FN2O3. The van der Waals surface area contributed by atoms with E-state index in [0.717, 1.165) is 0 Å². The maximum Gasteiger partial charge on any atom is 0.246 e. The molecule has 2 aromatic rings. The maximum absolute atomic E-state index is 13.6. The van der Waals surface area contributed by atoms with Crippen LogP contribution in [0.2, 0.25) is 0 Å². The summed E-state index contributed by atoms with van der Waals surface area (Å²) in [6, 6.07) is 10.7. The minimum absolute atomic E-state index is 0.151. The van der Waals surface area contributed by atoms with Crippen molar-refractivity contribution in [1.29, 1.82) is 0 Å². The minimum Gasteiger partial charge on any atom is -0.493 e. The fourth-order valence-corrected chi connectivity index (χ4v) is 2.05. The van der Waals surface area contributed by atoms with Crippen molar-refractivity contribution in [2.45, 2.75) is 13.0 Å². The van der Waals surface area contributed by atoms with Gasteiger partial charge in [-0.2, -0.15) is 0 Å². The fourth-order valence-electron chi connectivity index (χ4n) is 2.05. The number of rotatable bonds is 6. The number of ether oxygens (including phenoxy) is 2. The lowest BCUT2D eigenvalue weighted by Gasteiger charge is -2.17. The van der Waals surface area contributed by atoms with Gasteiger partial charge in [0.1, 0.15) is 11.9 Å². The van der Waals surface area contributed by atoms with Gasteiger partial charge in [0.25, 0.3) is 0 Å². The molecule has 0 unspecified atom stereocenters. The molecule has 0 radical (unpaired) electrons. The van der Waals surface area contributed by atoms with Crippen LogP contribution in [0.1, 0.15) is 6.92 Å². The van der Waals surface area contributed by atoms with Gasteiger partial charge in [0.2, 0.25) is 5.91 Å².